The van der Waals surface area contributed by atoms with Crippen molar-refractivity contribution in [2.24, 2.45) is 0 Å². The molecular formula is C25H24N2O2. The molecule has 0 spiro atoms. The minimum atomic E-state index is -0.278. The van der Waals surface area contributed by atoms with Crippen LogP contribution in [0.15, 0.2) is 65.1 Å². The van der Waals surface area contributed by atoms with E-state index in [2.05, 4.69) is 53.1 Å². The van der Waals surface area contributed by atoms with Crippen LogP contribution in [-0.4, -0.2) is 13.0 Å². The number of fused-ring (bicyclic) bond motifs is 2. The van der Waals surface area contributed by atoms with Gasteiger partial charge >= 0.3 is 0 Å². The highest BCUT2D eigenvalue weighted by Gasteiger charge is 2.46. The molecule has 5 rings (SSSR count). The predicted octanol–water partition coefficient (Wildman–Crippen LogP) is 5.03. The third kappa shape index (κ3) is 3.10. The summed E-state index contributed by atoms with van der Waals surface area (Å²) in [7, 11) is 1.89. The summed E-state index contributed by atoms with van der Waals surface area (Å²) in [6.45, 7) is 2.65. The van der Waals surface area contributed by atoms with Crippen molar-refractivity contribution in [3.63, 3.8) is 0 Å². The molecule has 1 amide bonds. The van der Waals surface area contributed by atoms with Gasteiger partial charge in [0.1, 0.15) is 11.3 Å². The van der Waals surface area contributed by atoms with Crippen molar-refractivity contribution < 1.29 is 9.21 Å². The molecule has 1 aromatic heterocycles. The molecule has 0 atom stereocenters. The molecule has 3 aromatic carbocycles. The van der Waals surface area contributed by atoms with E-state index in [1.807, 2.05) is 32.2 Å². The maximum atomic E-state index is 13.2. The van der Waals surface area contributed by atoms with Crippen molar-refractivity contribution in [1.29, 1.82) is 0 Å². The second kappa shape index (κ2) is 6.75. The molecule has 4 aromatic rings. The largest absolute Gasteiger partial charge is 0.460 e. The molecule has 29 heavy (non-hydrogen) atoms. The summed E-state index contributed by atoms with van der Waals surface area (Å²) in [6, 6.07) is 20.6. The molecule has 1 heterocycles. The Labute approximate surface area is 169 Å². The third-order valence-electron chi connectivity index (χ3n) is 5.92. The van der Waals surface area contributed by atoms with E-state index in [0.29, 0.717) is 12.1 Å². The smallest absolute Gasteiger partial charge is 0.252 e. The minimum absolute atomic E-state index is 0.0404. The summed E-state index contributed by atoms with van der Waals surface area (Å²) in [5.41, 5.74) is 3.31. The van der Waals surface area contributed by atoms with Crippen LogP contribution < -0.4 is 10.6 Å². The predicted molar refractivity (Wildman–Crippen MR) is 116 cm³/mol. The standard InChI is InChI=1S/C25H24N2O2/c1-16-12-18-13-19(15-26-2)29-23(18)14-21(16)24(28)27-25(10-11-25)22-9-5-7-17-6-3-4-8-20(17)22/h3-9,12-14,26H,10-11,15H2,1-2H3,(H,27,28). The highest BCUT2D eigenvalue weighted by molar-refractivity contribution is 6.00. The fourth-order valence-corrected chi connectivity index (χ4v) is 4.28. The van der Waals surface area contributed by atoms with Crippen LogP contribution in [0.4, 0.5) is 0 Å². The van der Waals surface area contributed by atoms with Crippen LogP contribution in [-0.2, 0) is 12.1 Å². The van der Waals surface area contributed by atoms with Crippen LogP contribution in [0.2, 0.25) is 0 Å². The Kier molecular flexibility index (Phi) is 4.18. The second-order valence-corrected chi connectivity index (χ2v) is 8.01. The second-order valence-electron chi connectivity index (χ2n) is 8.01. The van der Waals surface area contributed by atoms with Crippen molar-refractivity contribution in [3.8, 4) is 0 Å². The van der Waals surface area contributed by atoms with Gasteiger partial charge in [0.25, 0.3) is 5.91 Å². The number of furan rings is 1. The number of benzene rings is 3. The first kappa shape index (κ1) is 18.0. The van der Waals surface area contributed by atoms with Crippen LogP contribution in [0.3, 0.4) is 0 Å². The Balaban J connectivity index is 1.49. The SMILES string of the molecule is CNCc1cc2cc(C)c(C(=O)NC3(c4cccc5ccccc45)CC3)cc2o1. The molecule has 2 N–H and O–H groups in total. The molecule has 0 aliphatic heterocycles. The zero-order chi connectivity index (χ0) is 20.0. The molecule has 1 aliphatic carbocycles. The average molecular weight is 384 g/mol. The Morgan fingerprint density at radius 2 is 1.83 bits per heavy atom. The quantitative estimate of drug-likeness (QED) is 0.507. The molecule has 0 bridgehead atoms. The Hall–Kier alpha value is -3.11. The summed E-state index contributed by atoms with van der Waals surface area (Å²) in [5.74, 6) is 0.829. The van der Waals surface area contributed by atoms with Crippen molar-refractivity contribution >= 4 is 27.6 Å². The molecule has 0 unspecified atom stereocenters. The van der Waals surface area contributed by atoms with E-state index in [1.165, 1.54) is 16.3 Å². The number of carbonyl (C=O) groups excluding carboxylic acids is 1. The van der Waals surface area contributed by atoms with Gasteiger partial charge in [0.05, 0.1) is 12.1 Å². The van der Waals surface area contributed by atoms with Gasteiger partial charge in [-0.05, 0) is 66.9 Å². The summed E-state index contributed by atoms with van der Waals surface area (Å²) in [5, 5.41) is 9.88. The first-order valence-corrected chi connectivity index (χ1v) is 10.1. The number of hydrogen-bond donors (Lipinski definition) is 2. The zero-order valence-electron chi connectivity index (χ0n) is 16.7. The zero-order valence-corrected chi connectivity index (χ0v) is 16.7. The summed E-state index contributed by atoms with van der Waals surface area (Å²) < 4.78 is 5.90. The van der Waals surface area contributed by atoms with Gasteiger partial charge in [0.2, 0.25) is 0 Å². The molecular weight excluding hydrogens is 360 g/mol. The van der Waals surface area contributed by atoms with E-state index in [9.17, 15) is 4.79 Å². The van der Waals surface area contributed by atoms with Crippen molar-refractivity contribution in [1.82, 2.24) is 10.6 Å². The number of rotatable bonds is 5. The lowest BCUT2D eigenvalue weighted by atomic mass is 9.96. The van der Waals surface area contributed by atoms with Gasteiger partial charge in [0.15, 0.2) is 0 Å². The highest BCUT2D eigenvalue weighted by atomic mass is 16.3. The lowest BCUT2D eigenvalue weighted by Crippen LogP contribution is -2.35. The molecule has 1 aliphatic rings. The first-order valence-electron chi connectivity index (χ1n) is 10.1. The van der Waals surface area contributed by atoms with E-state index in [1.54, 1.807) is 0 Å². The fraction of sp³-hybridized carbons (Fsp3) is 0.240. The van der Waals surface area contributed by atoms with E-state index >= 15 is 0 Å². The summed E-state index contributed by atoms with van der Waals surface area (Å²) >= 11 is 0. The van der Waals surface area contributed by atoms with Crippen LogP contribution in [0.1, 0.15) is 40.1 Å². The first-order chi connectivity index (χ1) is 14.1. The maximum absolute atomic E-state index is 13.2. The van der Waals surface area contributed by atoms with Crippen LogP contribution in [0, 0.1) is 6.92 Å². The maximum Gasteiger partial charge on any atom is 0.252 e. The number of hydrogen-bond acceptors (Lipinski definition) is 3. The monoisotopic (exact) mass is 384 g/mol. The minimum Gasteiger partial charge on any atom is -0.460 e. The van der Waals surface area contributed by atoms with Gasteiger partial charge in [-0.1, -0.05) is 42.5 Å². The molecule has 0 saturated heterocycles. The number of nitrogens with one attached hydrogen (secondary N) is 2. The van der Waals surface area contributed by atoms with Gasteiger partial charge in [-0.15, -0.1) is 0 Å². The molecule has 1 saturated carbocycles. The van der Waals surface area contributed by atoms with E-state index in [4.69, 9.17) is 4.42 Å². The summed E-state index contributed by atoms with van der Waals surface area (Å²) in [4.78, 5) is 13.2. The fourth-order valence-electron chi connectivity index (χ4n) is 4.28. The van der Waals surface area contributed by atoms with Crippen molar-refractivity contribution in [3.05, 3.63) is 83.1 Å². The van der Waals surface area contributed by atoms with Crippen molar-refractivity contribution in [2.45, 2.75) is 31.8 Å². The van der Waals surface area contributed by atoms with Crippen LogP contribution in [0.25, 0.3) is 21.7 Å². The topological polar surface area (TPSA) is 54.3 Å². The van der Waals surface area contributed by atoms with Gasteiger partial charge in [-0.25, -0.2) is 0 Å². The van der Waals surface area contributed by atoms with Gasteiger partial charge in [0, 0.05) is 10.9 Å². The summed E-state index contributed by atoms with van der Waals surface area (Å²) in [6.07, 6.45) is 1.92. The number of carbonyl (C=O) groups is 1. The number of amides is 1. The third-order valence-corrected chi connectivity index (χ3v) is 5.92. The molecule has 146 valence electrons. The Bertz CT molecular complexity index is 1230. The normalized spacial score (nSPS) is 15.0. The molecule has 1 fully saturated rings. The average Bonchev–Trinajstić information content (AvgIpc) is 3.39. The number of aryl methyl sites for hydroxylation is 1. The molecule has 4 nitrogen and oxygen atoms in total. The molecule has 4 heteroatoms. The van der Waals surface area contributed by atoms with Crippen molar-refractivity contribution in [2.75, 3.05) is 7.05 Å². The van der Waals surface area contributed by atoms with E-state index < -0.39 is 0 Å². The lowest BCUT2D eigenvalue weighted by molar-refractivity contribution is 0.0930. The Morgan fingerprint density at radius 3 is 2.62 bits per heavy atom. The van der Waals surface area contributed by atoms with Gasteiger partial charge < -0.3 is 15.1 Å². The molecule has 0 radical (unpaired) electrons. The Morgan fingerprint density at radius 1 is 1.03 bits per heavy atom. The van der Waals surface area contributed by atoms with Crippen LogP contribution in [0.5, 0.6) is 0 Å². The van der Waals surface area contributed by atoms with Crippen LogP contribution >= 0.6 is 0 Å². The van der Waals surface area contributed by atoms with Gasteiger partial charge in [-0.3, -0.25) is 4.79 Å². The van der Waals surface area contributed by atoms with E-state index in [0.717, 1.165) is 35.1 Å². The van der Waals surface area contributed by atoms with Gasteiger partial charge in [-0.2, -0.15) is 0 Å². The highest BCUT2D eigenvalue weighted by Crippen LogP contribution is 2.48. The lowest BCUT2D eigenvalue weighted by Gasteiger charge is -2.20. The van der Waals surface area contributed by atoms with E-state index in [-0.39, 0.29) is 11.4 Å².